The Kier molecular flexibility index (Phi) is 3.74. The van der Waals surface area contributed by atoms with Crippen LogP contribution in [0.25, 0.3) is 0 Å². The average Bonchev–Trinajstić information content (AvgIpc) is 3.02. The van der Waals surface area contributed by atoms with Gasteiger partial charge < -0.3 is 10.2 Å². The SMILES string of the molecule is CCCC1C(=O)NC(C)(C)C(=O)N1CC1CC2CCC1C2. The van der Waals surface area contributed by atoms with Crippen LogP contribution in [0.3, 0.4) is 0 Å². The van der Waals surface area contributed by atoms with Crippen LogP contribution in [0.5, 0.6) is 0 Å². The highest BCUT2D eigenvalue weighted by Gasteiger charge is 2.48. The third kappa shape index (κ3) is 2.58. The molecule has 118 valence electrons. The molecule has 4 heteroatoms. The molecule has 3 aliphatic rings. The van der Waals surface area contributed by atoms with Crippen molar-refractivity contribution in [1.29, 1.82) is 0 Å². The van der Waals surface area contributed by atoms with Crippen molar-refractivity contribution in [2.75, 3.05) is 6.54 Å². The Bertz CT molecular complexity index is 446. The predicted octanol–water partition coefficient (Wildman–Crippen LogP) is 2.33. The smallest absolute Gasteiger partial charge is 0.248 e. The minimum Gasteiger partial charge on any atom is -0.340 e. The van der Waals surface area contributed by atoms with Crippen LogP contribution in [0.1, 0.15) is 59.3 Å². The van der Waals surface area contributed by atoms with Crippen LogP contribution < -0.4 is 5.32 Å². The van der Waals surface area contributed by atoms with Gasteiger partial charge in [0.25, 0.3) is 0 Å². The van der Waals surface area contributed by atoms with Crippen LogP contribution in [-0.4, -0.2) is 34.8 Å². The van der Waals surface area contributed by atoms with Crippen molar-refractivity contribution in [3.05, 3.63) is 0 Å². The molecule has 0 radical (unpaired) electrons. The van der Waals surface area contributed by atoms with E-state index in [2.05, 4.69) is 12.2 Å². The fraction of sp³-hybridized carbons (Fsp3) is 0.882. The van der Waals surface area contributed by atoms with Crippen LogP contribution in [0.15, 0.2) is 0 Å². The van der Waals surface area contributed by atoms with Gasteiger partial charge in [-0.3, -0.25) is 9.59 Å². The molecule has 1 heterocycles. The van der Waals surface area contributed by atoms with Crippen molar-refractivity contribution in [1.82, 2.24) is 10.2 Å². The summed E-state index contributed by atoms with van der Waals surface area (Å²) >= 11 is 0. The number of piperazine rings is 1. The molecule has 4 unspecified atom stereocenters. The maximum atomic E-state index is 12.8. The second kappa shape index (κ2) is 5.29. The zero-order valence-electron chi connectivity index (χ0n) is 13.5. The van der Waals surface area contributed by atoms with Crippen LogP contribution in [-0.2, 0) is 9.59 Å². The van der Waals surface area contributed by atoms with E-state index in [0.29, 0.717) is 5.92 Å². The predicted molar refractivity (Wildman–Crippen MR) is 81.6 cm³/mol. The lowest BCUT2D eigenvalue weighted by molar-refractivity contribution is -0.154. The number of fused-ring (bicyclic) bond motifs is 2. The Morgan fingerprint density at radius 2 is 2.00 bits per heavy atom. The largest absolute Gasteiger partial charge is 0.340 e. The topological polar surface area (TPSA) is 49.4 Å². The van der Waals surface area contributed by atoms with Gasteiger partial charge in [0.2, 0.25) is 11.8 Å². The minimum atomic E-state index is -0.751. The lowest BCUT2D eigenvalue weighted by Crippen LogP contribution is -2.68. The van der Waals surface area contributed by atoms with E-state index in [1.807, 2.05) is 18.7 Å². The second-order valence-electron chi connectivity index (χ2n) is 7.81. The summed E-state index contributed by atoms with van der Waals surface area (Å²) in [5.74, 6) is 2.42. The normalized spacial score (nSPS) is 38.0. The summed E-state index contributed by atoms with van der Waals surface area (Å²) in [5.41, 5.74) is -0.751. The maximum absolute atomic E-state index is 12.8. The number of carbonyl (C=O) groups excluding carboxylic acids is 2. The van der Waals surface area contributed by atoms with Gasteiger partial charge in [-0.25, -0.2) is 0 Å². The van der Waals surface area contributed by atoms with Gasteiger partial charge in [0.15, 0.2) is 0 Å². The average molecular weight is 292 g/mol. The number of hydrogen-bond acceptors (Lipinski definition) is 2. The Morgan fingerprint density at radius 1 is 1.24 bits per heavy atom. The summed E-state index contributed by atoms with van der Waals surface area (Å²) in [6.07, 6.45) is 7.01. The third-order valence-corrected chi connectivity index (χ3v) is 5.79. The van der Waals surface area contributed by atoms with Crippen molar-refractivity contribution in [3.8, 4) is 0 Å². The first-order chi connectivity index (χ1) is 9.92. The molecule has 2 aliphatic carbocycles. The Morgan fingerprint density at radius 3 is 2.57 bits per heavy atom. The summed E-state index contributed by atoms with van der Waals surface area (Å²) in [6, 6.07) is -0.255. The zero-order valence-corrected chi connectivity index (χ0v) is 13.5. The van der Waals surface area contributed by atoms with Gasteiger partial charge in [0.05, 0.1) is 0 Å². The summed E-state index contributed by atoms with van der Waals surface area (Å²) in [7, 11) is 0. The number of rotatable bonds is 4. The van der Waals surface area contributed by atoms with E-state index in [4.69, 9.17) is 0 Å². The molecule has 2 saturated carbocycles. The standard InChI is InChI=1S/C17H28N2O2/c1-4-5-14-15(20)18-17(2,3)16(21)19(14)10-13-9-11-6-7-12(13)8-11/h11-14H,4-10H2,1-3H3,(H,18,20). The lowest BCUT2D eigenvalue weighted by Gasteiger charge is -2.44. The van der Waals surface area contributed by atoms with E-state index in [-0.39, 0.29) is 17.9 Å². The molecular weight excluding hydrogens is 264 g/mol. The van der Waals surface area contributed by atoms with E-state index in [9.17, 15) is 9.59 Å². The summed E-state index contributed by atoms with van der Waals surface area (Å²) < 4.78 is 0. The Balaban J connectivity index is 1.77. The van der Waals surface area contributed by atoms with Crippen molar-refractivity contribution >= 4 is 11.8 Å². The fourth-order valence-electron chi connectivity index (χ4n) is 4.71. The van der Waals surface area contributed by atoms with Gasteiger partial charge in [0.1, 0.15) is 11.6 Å². The molecule has 2 bridgehead atoms. The molecule has 21 heavy (non-hydrogen) atoms. The molecule has 4 atom stereocenters. The highest BCUT2D eigenvalue weighted by atomic mass is 16.2. The third-order valence-electron chi connectivity index (χ3n) is 5.79. The minimum absolute atomic E-state index is 0.0320. The second-order valence-corrected chi connectivity index (χ2v) is 7.81. The van der Waals surface area contributed by atoms with Crippen LogP contribution in [0.2, 0.25) is 0 Å². The van der Waals surface area contributed by atoms with E-state index >= 15 is 0 Å². The molecule has 0 aromatic carbocycles. The summed E-state index contributed by atoms with van der Waals surface area (Å²) in [5, 5.41) is 2.90. The molecule has 4 nitrogen and oxygen atoms in total. The van der Waals surface area contributed by atoms with Gasteiger partial charge in [-0.15, -0.1) is 0 Å². The molecule has 1 N–H and O–H groups in total. The number of amides is 2. The molecule has 0 aromatic rings. The number of nitrogens with one attached hydrogen (secondary N) is 1. The Hall–Kier alpha value is -1.06. The van der Waals surface area contributed by atoms with Gasteiger partial charge in [-0.1, -0.05) is 19.8 Å². The monoisotopic (exact) mass is 292 g/mol. The highest BCUT2D eigenvalue weighted by Crippen LogP contribution is 2.48. The molecule has 0 spiro atoms. The van der Waals surface area contributed by atoms with Crippen LogP contribution in [0.4, 0.5) is 0 Å². The van der Waals surface area contributed by atoms with Gasteiger partial charge in [-0.05, 0) is 57.3 Å². The van der Waals surface area contributed by atoms with E-state index < -0.39 is 5.54 Å². The van der Waals surface area contributed by atoms with E-state index in [1.54, 1.807) is 0 Å². The highest BCUT2D eigenvalue weighted by molar-refractivity contribution is 5.99. The first-order valence-corrected chi connectivity index (χ1v) is 8.55. The van der Waals surface area contributed by atoms with Gasteiger partial charge in [0, 0.05) is 6.54 Å². The van der Waals surface area contributed by atoms with Crippen molar-refractivity contribution in [2.45, 2.75) is 70.9 Å². The Labute approximate surface area is 127 Å². The van der Waals surface area contributed by atoms with E-state index in [0.717, 1.165) is 31.2 Å². The summed E-state index contributed by atoms with van der Waals surface area (Å²) in [4.78, 5) is 27.1. The quantitative estimate of drug-likeness (QED) is 0.864. The molecule has 3 fully saturated rings. The van der Waals surface area contributed by atoms with Crippen LogP contribution in [0, 0.1) is 17.8 Å². The fourth-order valence-corrected chi connectivity index (χ4v) is 4.71. The maximum Gasteiger partial charge on any atom is 0.248 e. The molecule has 0 aromatic heterocycles. The molecule has 1 saturated heterocycles. The molecule has 2 amide bonds. The van der Waals surface area contributed by atoms with Crippen molar-refractivity contribution in [2.24, 2.45) is 17.8 Å². The first-order valence-electron chi connectivity index (χ1n) is 8.55. The zero-order chi connectivity index (χ0) is 15.2. The number of hydrogen-bond donors (Lipinski definition) is 1. The van der Waals surface area contributed by atoms with Gasteiger partial charge in [-0.2, -0.15) is 0 Å². The van der Waals surface area contributed by atoms with Crippen molar-refractivity contribution in [3.63, 3.8) is 0 Å². The van der Waals surface area contributed by atoms with Gasteiger partial charge >= 0.3 is 0 Å². The van der Waals surface area contributed by atoms with Crippen molar-refractivity contribution < 1.29 is 9.59 Å². The first kappa shape index (κ1) is 14.9. The lowest BCUT2D eigenvalue weighted by atomic mass is 9.86. The molecule has 3 rings (SSSR count). The number of carbonyl (C=O) groups is 2. The summed E-state index contributed by atoms with van der Waals surface area (Å²) in [6.45, 7) is 6.52. The van der Waals surface area contributed by atoms with Crippen LogP contribution >= 0.6 is 0 Å². The molecule has 1 aliphatic heterocycles. The number of nitrogens with zero attached hydrogens (tertiary/aromatic N) is 1. The van der Waals surface area contributed by atoms with E-state index in [1.165, 1.54) is 25.7 Å². The molecular formula is C17H28N2O2.